The summed E-state index contributed by atoms with van der Waals surface area (Å²) < 4.78 is 0. The lowest BCUT2D eigenvalue weighted by molar-refractivity contribution is -0.139. The van der Waals surface area contributed by atoms with Gasteiger partial charge in [0.25, 0.3) is 5.91 Å². The Balaban J connectivity index is 1.59. The third-order valence-corrected chi connectivity index (χ3v) is 5.11. The molecule has 1 aromatic heterocycles. The number of hydrogen-bond acceptors (Lipinski definition) is 4. The first-order valence-corrected chi connectivity index (χ1v) is 9.27. The number of nitrogens with zero attached hydrogens (tertiary/aromatic N) is 2. The van der Waals surface area contributed by atoms with E-state index in [1.807, 2.05) is 61.2 Å². The number of likely N-dealkylation sites (N-methyl/N-ethyl adjacent to an activating group) is 1. The number of carboxylic acid groups (broad SMARTS) is 1. The van der Waals surface area contributed by atoms with Crippen LogP contribution in [0.2, 0.25) is 0 Å². The van der Waals surface area contributed by atoms with Crippen molar-refractivity contribution in [3.63, 3.8) is 0 Å². The summed E-state index contributed by atoms with van der Waals surface area (Å²) in [6.07, 6.45) is 1.56. The van der Waals surface area contributed by atoms with Gasteiger partial charge in [-0.15, -0.1) is 0 Å². The lowest BCUT2D eigenvalue weighted by Gasteiger charge is -2.42. The summed E-state index contributed by atoms with van der Waals surface area (Å²) >= 11 is 0. The number of amides is 1. The van der Waals surface area contributed by atoms with Crippen LogP contribution in [0.1, 0.15) is 35.8 Å². The van der Waals surface area contributed by atoms with Crippen molar-refractivity contribution in [3.05, 3.63) is 53.7 Å². The quantitative estimate of drug-likeness (QED) is 0.786. The number of rotatable bonds is 7. The molecule has 1 aliphatic rings. The van der Waals surface area contributed by atoms with Gasteiger partial charge in [0.2, 0.25) is 0 Å². The van der Waals surface area contributed by atoms with Crippen LogP contribution in [0, 0.1) is 6.92 Å². The number of pyridine rings is 1. The SMILES string of the molecule is CCN(CC(=O)O)C1CC(NC(=O)c2ccc(-c3ccccc3)nc2C)C1. The van der Waals surface area contributed by atoms with Gasteiger partial charge in [-0.25, -0.2) is 0 Å². The fraction of sp³-hybridized carbons (Fsp3) is 0.381. The molecule has 6 heteroatoms. The Kier molecular flexibility index (Phi) is 5.86. The molecule has 2 N–H and O–H groups in total. The second-order valence-electron chi connectivity index (χ2n) is 6.95. The maximum Gasteiger partial charge on any atom is 0.317 e. The largest absolute Gasteiger partial charge is 0.480 e. The van der Waals surface area contributed by atoms with E-state index in [1.54, 1.807) is 0 Å². The molecule has 3 rings (SSSR count). The van der Waals surface area contributed by atoms with E-state index >= 15 is 0 Å². The van der Waals surface area contributed by atoms with Crippen molar-refractivity contribution in [2.75, 3.05) is 13.1 Å². The fourth-order valence-electron chi connectivity index (χ4n) is 3.51. The molecule has 0 aliphatic heterocycles. The highest BCUT2D eigenvalue weighted by Gasteiger charge is 2.34. The van der Waals surface area contributed by atoms with E-state index in [4.69, 9.17) is 5.11 Å². The molecule has 1 aliphatic carbocycles. The Hall–Kier alpha value is -2.73. The molecular weight excluding hydrogens is 342 g/mol. The standard InChI is InChI=1S/C21H25N3O3/c1-3-24(13-20(25)26)17-11-16(12-17)23-21(27)18-9-10-19(22-14(18)2)15-7-5-4-6-8-15/h4-10,16-17H,3,11-13H2,1-2H3,(H,23,27)(H,25,26). The maximum atomic E-state index is 12.6. The predicted molar refractivity (Wildman–Crippen MR) is 104 cm³/mol. The van der Waals surface area contributed by atoms with Crippen LogP contribution in [0.5, 0.6) is 0 Å². The van der Waals surface area contributed by atoms with Crippen LogP contribution in [0.3, 0.4) is 0 Å². The summed E-state index contributed by atoms with van der Waals surface area (Å²) in [6, 6.07) is 13.9. The molecule has 0 spiro atoms. The van der Waals surface area contributed by atoms with Crippen molar-refractivity contribution in [1.82, 2.24) is 15.2 Å². The summed E-state index contributed by atoms with van der Waals surface area (Å²) in [6.45, 7) is 4.54. The molecule has 1 saturated carbocycles. The molecule has 1 heterocycles. The highest BCUT2D eigenvalue weighted by Crippen LogP contribution is 2.26. The average molecular weight is 367 g/mol. The zero-order chi connectivity index (χ0) is 19.4. The van der Waals surface area contributed by atoms with E-state index < -0.39 is 5.97 Å². The van der Waals surface area contributed by atoms with E-state index in [1.165, 1.54) is 0 Å². The van der Waals surface area contributed by atoms with E-state index in [2.05, 4.69) is 10.3 Å². The van der Waals surface area contributed by atoms with Crippen molar-refractivity contribution in [2.45, 2.75) is 38.8 Å². The predicted octanol–water partition coefficient (Wildman–Crippen LogP) is 2.72. The Labute approximate surface area is 159 Å². The Morgan fingerprint density at radius 3 is 2.48 bits per heavy atom. The molecule has 0 unspecified atom stereocenters. The minimum Gasteiger partial charge on any atom is -0.480 e. The highest BCUT2D eigenvalue weighted by atomic mass is 16.4. The topological polar surface area (TPSA) is 82.5 Å². The Bertz CT molecular complexity index is 817. The lowest BCUT2D eigenvalue weighted by atomic mass is 9.85. The second-order valence-corrected chi connectivity index (χ2v) is 6.95. The van der Waals surface area contributed by atoms with Gasteiger partial charge in [0, 0.05) is 17.6 Å². The normalized spacial score (nSPS) is 18.8. The smallest absolute Gasteiger partial charge is 0.317 e. The average Bonchev–Trinajstić information content (AvgIpc) is 2.63. The zero-order valence-corrected chi connectivity index (χ0v) is 15.7. The molecule has 1 fully saturated rings. The number of carbonyl (C=O) groups excluding carboxylic acids is 1. The lowest BCUT2D eigenvalue weighted by Crippen LogP contribution is -2.54. The summed E-state index contributed by atoms with van der Waals surface area (Å²) in [5.74, 6) is -0.936. The van der Waals surface area contributed by atoms with E-state index in [-0.39, 0.29) is 24.5 Å². The monoisotopic (exact) mass is 367 g/mol. The fourth-order valence-corrected chi connectivity index (χ4v) is 3.51. The van der Waals surface area contributed by atoms with Crippen molar-refractivity contribution >= 4 is 11.9 Å². The van der Waals surface area contributed by atoms with Gasteiger partial charge in [0.15, 0.2) is 0 Å². The number of aromatic nitrogens is 1. The third kappa shape index (κ3) is 4.52. The number of aryl methyl sites for hydroxylation is 1. The number of benzene rings is 1. The molecule has 0 radical (unpaired) electrons. The number of carbonyl (C=O) groups is 2. The summed E-state index contributed by atoms with van der Waals surface area (Å²) in [7, 11) is 0. The van der Waals surface area contributed by atoms with Gasteiger partial charge in [-0.3, -0.25) is 19.5 Å². The summed E-state index contributed by atoms with van der Waals surface area (Å²) in [5.41, 5.74) is 3.15. The summed E-state index contributed by atoms with van der Waals surface area (Å²) in [4.78, 5) is 30.0. The highest BCUT2D eigenvalue weighted by molar-refractivity contribution is 5.95. The minimum absolute atomic E-state index is 0.0474. The Morgan fingerprint density at radius 2 is 1.89 bits per heavy atom. The van der Waals surface area contributed by atoms with Gasteiger partial charge in [-0.1, -0.05) is 37.3 Å². The van der Waals surface area contributed by atoms with Crippen LogP contribution < -0.4 is 5.32 Å². The third-order valence-electron chi connectivity index (χ3n) is 5.11. The van der Waals surface area contributed by atoms with Gasteiger partial charge in [0.1, 0.15) is 0 Å². The number of nitrogens with one attached hydrogen (secondary N) is 1. The maximum absolute atomic E-state index is 12.6. The van der Waals surface area contributed by atoms with E-state index in [0.29, 0.717) is 17.8 Å². The molecule has 6 nitrogen and oxygen atoms in total. The van der Waals surface area contributed by atoms with Crippen LogP contribution in [0.25, 0.3) is 11.3 Å². The van der Waals surface area contributed by atoms with Gasteiger partial charge < -0.3 is 10.4 Å². The Morgan fingerprint density at radius 1 is 1.19 bits per heavy atom. The number of carboxylic acids is 1. The van der Waals surface area contributed by atoms with Gasteiger partial charge in [0.05, 0.1) is 23.5 Å². The van der Waals surface area contributed by atoms with Crippen LogP contribution in [-0.2, 0) is 4.79 Å². The molecular formula is C21H25N3O3. The van der Waals surface area contributed by atoms with Gasteiger partial charge >= 0.3 is 5.97 Å². The van der Waals surface area contributed by atoms with Gasteiger partial charge in [-0.2, -0.15) is 0 Å². The van der Waals surface area contributed by atoms with E-state index in [9.17, 15) is 9.59 Å². The molecule has 142 valence electrons. The summed E-state index contributed by atoms with van der Waals surface area (Å²) in [5, 5.41) is 12.0. The van der Waals surface area contributed by atoms with Crippen molar-refractivity contribution < 1.29 is 14.7 Å². The van der Waals surface area contributed by atoms with Crippen LogP contribution >= 0.6 is 0 Å². The van der Waals surface area contributed by atoms with Crippen molar-refractivity contribution in [2.24, 2.45) is 0 Å². The molecule has 1 aromatic carbocycles. The first kappa shape index (κ1) is 19.0. The first-order valence-electron chi connectivity index (χ1n) is 9.27. The molecule has 0 atom stereocenters. The van der Waals surface area contributed by atoms with Crippen LogP contribution in [-0.4, -0.2) is 52.0 Å². The van der Waals surface area contributed by atoms with Gasteiger partial charge in [-0.05, 0) is 38.4 Å². The second kappa shape index (κ2) is 8.31. The van der Waals surface area contributed by atoms with Crippen LogP contribution in [0.4, 0.5) is 0 Å². The molecule has 0 bridgehead atoms. The van der Waals surface area contributed by atoms with Crippen LogP contribution in [0.15, 0.2) is 42.5 Å². The number of aliphatic carboxylic acids is 1. The van der Waals surface area contributed by atoms with E-state index in [0.717, 1.165) is 24.1 Å². The number of hydrogen-bond donors (Lipinski definition) is 2. The molecule has 1 amide bonds. The molecule has 27 heavy (non-hydrogen) atoms. The van der Waals surface area contributed by atoms with Crippen molar-refractivity contribution in [3.8, 4) is 11.3 Å². The minimum atomic E-state index is -0.815. The molecule has 2 aromatic rings. The first-order chi connectivity index (χ1) is 13.0. The van der Waals surface area contributed by atoms with Crippen molar-refractivity contribution in [1.29, 1.82) is 0 Å². The molecule has 0 saturated heterocycles. The zero-order valence-electron chi connectivity index (χ0n) is 15.7.